The van der Waals surface area contributed by atoms with E-state index in [1.165, 1.54) is 11.0 Å². The van der Waals surface area contributed by atoms with Gasteiger partial charge in [0.05, 0.1) is 18.4 Å². The number of hydrogen-bond acceptors (Lipinski definition) is 3. The Morgan fingerprint density at radius 3 is 2.80 bits per heavy atom. The Kier molecular flexibility index (Phi) is 4.08. The van der Waals surface area contributed by atoms with Gasteiger partial charge >= 0.3 is 0 Å². The van der Waals surface area contributed by atoms with Crippen molar-refractivity contribution < 1.29 is 18.4 Å². The molecule has 1 fully saturated rings. The summed E-state index contributed by atoms with van der Waals surface area (Å²) < 4.78 is 26.1. The summed E-state index contributed by atoms with van der Waals surface area (Å²) >= 11 is 0. The van der Waals surface area contributed by atoms with Gasteiger partial charge in [-0.3, -0.25) is 9.59 Å². The molecule has 6 heteroatoms. The van der Waals surface area contributed by atoms with Crippen LogP contribution in [0.4, 0.5) is 14.5 Å². The molecule has 0 aromatic heterocycles. The average Bonchev–Trinajstić information content (AvgIpc) is 2.42. The van der Waals surface area contributed by atoms with Crippen LogP contribution >= 0.6 is 0 Å². The number of carbonyl (C=O) groups is 2. The number of rotatable bonds is 3. The summed E-state index contributed by atoms with van der Waals surface area (Å²) in [5, 5.41) is 8.52. The van der Waals surface area contributed by atoms with Crippen molar-refractivity contribution in [2.24, 2.45) is 5.92 Å². The molecule has 0 aliphatic carbocycles. The van der Waals surface area contributed by atoms with Crippen molar-refractivity contribution in [3.63, 3.8) is 0 Å². The molecule has 0 bridgehead atoms. The van der Waals surface area contributed by atoms with Gasteiger partial charge in [-0.15, -0.1) is 0 Å². The van der Waals surface area contributed by atoms with Gasteiger partial charge in [-0.2, -0.15) is 5.26 Å². The van der Waals surface area contributed by atoms with Crippen LogP contribution in [0, 0.1) is 28.9 Å². The summed E-state index contributed by atoms with van der Waals surface area (Å²) in [6, 6.07) is 4.90. The van der Waals surface area contributed by atoms with E-state index in [0.29, 0.717) is 19.4 Å². The first-order valence-electron chi connectivity index (χ1n) is 6.20. The standard InChI is InChI=1S/C14H12F2N2O2/c15-11-4-3-9(8-12(11)16)18-7-1-2-10(14(18)20)13(19)5-6-17/h3-4,8,10H,1-2,5,7H2. The summed E-state index contributed by atoms with van der Waals surface area (Å²) in [4.78, 5) is 25.2. The van der Waals surface area contributed by atoms with E-state index in [2.05, 4.69) is 0 Å². The number of benzene rings is 1. The maximum atomic E-state index is 13.2. The van der Waals surface area contributed by atoms with Crippen LogP contribution in [0.5, 0.6) is 0 Å². The first-order chi connectivity index (χ1) is 9.54. The molecule has 20 heavy (non-hydrogen) atoms. The summed E-state index contributed by atoms with van der Waals surface area (Å²) in [6.45, 7) is 0.347. The normalized spacial score (nSPS) is 18.8. The minimum atomic E-state index is -1.04. The Bertz CT molecular complexity index is 595. The maximum Gasteiger partial charge on any atom is 0.237 e. The maximum absolute atomic E-state index is 13.2. The van der Waals surface area contributed by atoms with Crippen LogP contribution in [0.1, 0.15) is 19.3 Å². The molecule has 1 amide bonds. The predicted octanol–water partition coefficient (Wildman–Crippen LogP) is 2.19. The molecule has 0 spiro atoms. The zero-order valence-corrected chi connectivity index (χ0v) is 10.6. The lowest BCUT2D eigenvalue weighted by Gasteiger charge is -2.31. The fraction of sp³-hybridized carbons (Fsp3) is 0.357. The molecular formula is C14H12F2N2O2. The fourth-order valence-electron chi connectivity index (χ4n) is 2.28. The van der Waals surface area contributed by atoms with E-state index in [4.69, 9.17) is 5.26 Å². The second kappa shape index (κ2) is 5.78. The van der Waals surface area contributed by atoms with Crippen LogP contribution in [-0.2, 0) is 9.59 Å². The molecule has 1 saturated heterocycles. The van der Waals surface area contributed by atoms with E-state index < -0.39 is 29.2 Å². The van der Waals surface area contributed by atoms with Crippen LogP contribution < -0.4 is 4.90 Å². The Morgan fingerprint density at radius 1 is 1.40 bits per heavy atom. The first kappa shape index (κ1) is 14.1. The number of carbonyl (C=O) groups excluding carboxylic acids is 2. The molecule has 1 atom stereocenters. The van der Waals surface area contributed by atoms with Crippen molar-refractivity contribution in [2.45, 2.75) is 19.3 Å². The van der Waals surface area contributed by atoms with Crippen molar-refractivity contribution in [3.8, 4) is 6.07 Å². The van der Waals surface area contributed by atoms with E-state index in [9.17, 15) is 18.4 Å². The zero-order valence-electron chi connectivity index (χ0n) is 10.6. The number of nitrogens with zero attached hydrogens (tertiary/aromatic N) is 2. The van der Waals surface area contributed by atoms with E-state index in [0.717, 1.165) is 12.1 Å². The zero-order chi connectivity index (χ0) is 14.7. The molecule has 2 rings (SSSR count). The van der Waals surface area contributed by atoms with Gasteiger partial charge in [0.15, 0.2) is 17.4 Å². The molecule has 0 N–H and O–H groups in total. The smallest absolute Gasteiger partial charge is 0.237 e. The highest BCUT2D eigenvalue weighted by atomic mass is 19.2. The highest BCUT2D eigenvalue weighted by molar-refractivity contribution is 6.09. The molecule has 1 unspecified atom stereocenters. The largest absolute Gasteiger partial charge is 0.312 e. The number of nitriles is 1. The second-order valence-electron chi connectivity index (χ2n) is 4.58. The third-order valence-electron chi connectivity index (χ3n) is 3.30. The summed E-state index contributed by atoms with van der Waals surface area (Å²) in [7, 11) is 0. The third-order valence-corrected chi connectivity index (χ3v) is 3.30. The number of halogens is 2. The summed E-state index contributed by atoms with van der Waals surface area (Å²) in [5.41, 5.74) is 0.225. The van der Waals surface area contributed by atoms with Gasteiger partial charge in [0.2, 0.25) is 5.91 Å². The quantitative estimate of drug-likeness (QED) is 0.796. The number of amides is 1. The number of anilines is 1. The number of piperidine rings is 1. The highest BCUT2D eigenvalue weighted by Crippen LogP contribution is 2.26. The molecule has 1 aromatic rings. The van der Waals surface area contributed by atoms with Gasteiger partial charge in [0.25, 0.3) is 0 Å². The van der Waals surface area contributed by atoms with E-state index >= 15 is 0 Å². The average molecular weight is 278 g/mol. The van der Waals surface area contributed by atoms with Crippen molar-refractivity contribution >= 4 is 17.4 Å². The van der Waals surface area contributed by atoms with Crippen LogP contribution in [0.15, 0.2) is 18.2 Å². The summed E-state index contributed by atoms with van der Waals surface area (Å²) in [5.74, 6) is -3.78. The van der Waals surface area contributed by atoms with E-state index in [1.54, 1.807) is 6.07 Å². The van der Waals surface area contributed by atoms with Crippen LogP contribution in [0.25, 0.3) is 0 Å². The Hall–Kier alpha value is -2.29. The molecule has 1 aromatic carbocycles. The van der Waals surface area contributed by atoms with E-state index in [-0.39, 0.29) is 12.1 Å². The van der Waals surface area contributed by atoms with E-state index in [1.807, 2.05) is 0 Å². The highest BCUT2D eigenvalue weighted by Gasteiger charge is 2.34. The van der Waals surface area contributed by atoms with Crippen LogP contribution in [-0.4, -0.2) is 18.2 Å². The minimum absolute atomic E-state index is 0.225. The third kappa shape index (κ3) is 2.67. The Morgan fingerprint density at radius 2 is 2.15 bits per heavy atom. The number of hydrogen-bond donors (Lipinski definition) is 0. The molecule has 1 heterocycles. The minimum Gasteiger partial charge on any atom is -0.312 e. The SMILES string of the molecule is N#CCC(=O)C1CCCN(c2ccc(F)c(F)c2)C1=O. The lowest BCUT2D eigenvalue weighted by Crippen LogP contribution is -2.44. The second-order valence-corrected chi connectivity index (χ2v) is 4.58. The van der Waals surface area contributed by atoms with Gasteiger partial charge in [-0.1, -0.05) is 0 Å². The Labute approximate surface area is 114 Å². The van der Waals surface area contributed by atoms with Crippen molar-refractivity contribution in [1.29, 1.82) is 5.26 Å². The monoisotopic (exact) mass is 278 g/mol. The summed E-state index contributed by atoms with van der Waals surface area (Å²) in [6.07, 6.45) is 0.647. The molecule has 0 saturated carbocycles. The molecule has 104 valence electrons. The van der Waals surface area contributed by atoms with Gasteiger partial charge in [-0.05, 0) is 25.0 Å². The molecule has 4 nitrogen and oxygen atoms in total. The fourth-order valence-corrected chi connectivity index (χ4v) is 2.28. The Balaban J connectivity index is 2.24. The molecular weight excluding hydrogens is 266 g/mol. The lowest BCUT2D eigenvalue weighted by molar-refractivity contribution is -0.133. The number of Topliss-reactive ketones (excluding diaryl/α,β-unsaturated/α-hetero) is 1. The van der Waals surface area contributed by atoms with Crippen molar-refractivity contribution in [2.75, 3.05) is 11.4 Å². The molecule has 1 aliphatic heterocycles. The van der Waals surface area contributed by atoms with Crippen LogP contribution in [0.2, 0.25) is 0 Å². The van der Waals surface area contributed by atoms with Gasteiger partial charge in [0, 0.05) is 18.3 Å². The predicted molar refractivity (Wildman–Crippen MR) is 66.7 cm³/mol. The van der Waals surface area contributed by atoms with Crippen LogP contribution in [0.3, 0.4) is 0 Å². The topological polar surface area (TPSA) is 61.2 Å². The van der Waals surface area contributed by atoms with Gasteiger partial charge in [-0.25, -0.2) is 8.78 Å². The lowest BCUT2D eigenvalue weighted by atomic mass is 9.91. The van der Waals surface area contributed by atoms with Gasteiger partial charge < -0.3 is 4.90 Å². The van der Waals surface area contributed by atoms with Crippen molar-refractivity contribution in [3.05, 3.63) is 29.8 Å². The van der Waals surface area contributed by atoms with Crippen molar-refractivity contribution in [1.82, 2.24) is 0 Å². The van der Waals surface area contributed by atoms with Gasteiger partial charge in [0.1, 0.15) is 0 Å². The molecule has 1 aliphatic rings. The number of ketones is 1. The molecule has 0 radical (unpaired) electrons. The first-order valence-corrected chi connectivity index (χ1v) is 6.20.